The number of aliphatic imine (C=N–C) groups is 1. The average Bonchev–Trinajstić information content (AvgIpc) is 3.47. The van der Waals surface area contributed by atoms with E-state index in [9.17, 15) is 41.4 Å². The highest BCUT2D eigenvalue weighted by Crippen LogP contribution is 2.61. The second-order valence-electron chi connectivity index (χ2n) is 9.46. The van der Waals surface area contributed by atoms with E-state index in [2.05, 4.69) is 9.73 Å². The van der Waals surface area contributed by atoms with Crippen molar-refractivity contribution in [3.63, 3.8) is 0 Å². The summed E-state index contributed by atoms with van der Waals surface area (Å²) in [6.45, 7) is 0. The SMILES string of the molecule is O=C(O)C1=C(O)C(C2(C3CCC(C(F)(F)F)CC3)CC2)=NC2CCC(OC(F)(F)F)CC12. The summed E-state index contributed by atoms with van der Waals surface area (Å²) in [5.41, 5.74) is -0.779. The zero-order chi connectivity index (χ0) is 23.5. The van der Waals surface area contributed by atoms with Crippen molar-refractivity contribution in [2.75, 3.05) is 0 Å². The number of alkyl halides is 6. The summed E-state index contributed by atoms with van der Waals surface area (Å²) in [4.78, 5) is 16.6. The van der Waals surface area contributed by atoms with Gasteiger partial charge in [0.25, 0.3) is 0 Å². The Morgan fingerprint density at radius 2 is 1.62 bits per heavy atom. The van der Waals surface area contributed by atoms with E-state index >= 15 is 0 Å². The molecular formula is C21H25F6NO4. The van der Waals surface area contributed by atoms with E-state index in [4.69, 9.17) is 0 Å². The Bertz CT molecular complexity index is 821. The van der Waals surface area contributed by atoms with Crippen LogP contribution in [-0.2, 0) is 9.53 Å². The van der Waals surface area contributed by atoms with Gasteiger partial charge in [-0.1, -0.05) is 0 Å². The number of dihydropyridines is 1. The first-order chi connectivity index (χ1) is 14.8. The smallest absolute Gasteiger partial charge is 0.505 e. The van der Waals surface area contributed by atoms with Gasteiger partial charge in [-0.3, -0.25) is 9.73 Å². The molecule has 3 saturated carbocycles. The van der Waals surface area contributed by atoms with Crippen LogP contribution in [0, 0.1) is 23.2 Å². The molecule has 5 nitrogen and oxygen atoms in total. The molecule has 3 aliphatic carbocycles. The molecule has 32 heavy (non-hydrogen) atoms. The van der Waals surface area contributed by atoms with Gasteiger partial charge in [0, 0.05) is 11.3 Å². The van der Waals surface area contributed by atoms with Gasteiger partial charge in [-0.15, -0.1) is 13.2 Å². The van der Waals surface area contributed by atoms with Crippen molar-refractivity contribution < 1.29 is 46.1 Å². The highest BCUT2D eigenvalue weighted by Gasteiger charge is 2.58. The van der Waals surface area contributed by atoms with Gasteiger partial charge in [0.15, 0.2) is 0 Å². The summed E-state index contributed by atoms with van der Waals surface area (Å²) < 4.78 is 81.1. The first-order valence-electron chi connectivity index (χ1n) is 10.9. The number of aliphatic hydroxyl groups is 1. The number of aliphatic carboxylic acids is 1. The van der Waals surface area contributed by atoms with E-state index in [1.54, 1.807) is 0 Å². The molecule has 0 amide bonds. The number of nitrogens with zero attached hydrogens (tertiary/aromatic N) is 1. The third kappa shape index (κ3) is 4.36. The molecule has 4 aliphatic rings. The minimum atomic E-state index is -4.84. The molecule has 4 rings (SSSR count). The van der Waals surface area contributed by atoms with E-state index in [1.165, 1.54) is 0 Å². The summed E-state index contributed by atoms with van der Waals surface area (Å²) in [6, 6.07) is -0.593. The third-order valence-corrected chi connectivity index (χ3v) is 7.67. The molecule has 0 aromatic carbocycles. The third-order valence-electron chi connectivity index (χ3n) is 7.67. The zero-order valence-electron chi connectivity index (χ0n) is 17.2. The summed E-state index contributed by atoms with van der Waals surface area (Å²) in [5.74, 6) is -4.35. The van der Waals surface area contributed by atoms with E-state index in [1.807, 2.05) is 0 Å². The molecular weight excluding hydrogens is 444 g/mol. The Balaban J connectivity index is 1.56. The molecule has 0 radical (unpaired) electrons. The summed E-state index contributed by atoms with van der Waals surface area (Å²) in [7, 11) is 0. The van der Waals surface area contributed by atoms with Gasteiger partial charge in [-0.05, 0) is 63.7 Å². The van der Waals surface area contributed by atoms with Crippen molar-refractivity contribution in [2.45, 2.75) is 82.5 Å². The second kappa shape index (κ2) is 7.92. The molecule has 0 bridgehead atoms. The number of rotatable bonds is 4. The zero-order valence-corrected chi connectivity index (χ0v) is 17.2. The molecule has 180 valence electrons. The van der Waals surface area contributed by atoms with Gasteiger partial charge in [0.05, 0.1) is 29.3 Å². The predicted octanol–water partition coefficient (Wildman–Crippen LogP) is 5.56. The molecule has 0 spiro atoms. The van der Waals surface area contributed by atoms with Crippen LogP contribution < -0.4 is 0 Å². The maximum atomic E-state index is 13.0. The number of hydrogen-bond donors (Lipinski definition) is 2. The number of carboxylic acid groups (broad SMARTS) is 1. The number of hydrogen-bond acceptors (Lipinski definition) is 4. The van der Waals surface area contributed by atoms with Crippen molar-refractivity contribution in [2.24, 2.45) is 28.2 Å². The molecule has 1 aliphatic heterocycles. The Morgan fingerprint density at radius 1 is 1.00 bits per heavy atom. The molecule has 0 aromatic rings. The Labute approximate surface area is 180 Å². The molecule has 3 unspecified atom stereocenters. The van der Waals surface area contributed by atoms with Crippen LogP contribution in [0.4, 0.5) is 26.3 Å². The lowest BCUT2D eigenvalue weighted by atomic mass is 9.69. The summed E-state index contributed by atoms with van der Waals surface area (Å²) >= 11 is 0. The van der Waals surface area contributed by atoms with Crippen LogP contribution in [0.5, 0.6) is 0 Å². The molecule has 3 atom stereocenters. The fourth-order valence-electron chi connectivity index (χ4n) is 5.98. The van der Waals surface area contributed by atoms with Gasteiger partial charge in [-0.2, -0.15) is 13.2 Å². The maximum Gasteiger partial charge on any atom is 0.522 e. The Kier molecular flexibility index (Phi) is 5.78. The minimum absolute atomic E-state index is 0.0119. The van der Waals surface area contributed by atoms with Crippen molar-refractivity contribution in [1.29, 1.82) is 0 Å². The van der Waals surface area contributed by atoms with Crippen LogP contribution in [0.3, 0.4) is 0 Å². The molecule has 11 heteroatoms. The largest absolute Gasteiger partial charge is 0.522 e. The van der Waals surface area contributed by atoms with Crippen LogP contribution in [0.1, 0.15) is 57.8 Å². The Hall–Kier alpha value is -1.78. The number of allylic oxidation sites excluding steroid dienone is 1. The average molecular weight is 469 g/mol. The number of carbonyl (C=O) groups is 1. The molecule has 2 N–H and O–H groups in total. The summed E-state index contributed by atoms with van der Waals surface area (Å²) in [6.07, 6.45) is -8.50. The fourth-order valence-corrected chi connectivity index (χ4v) is 5.98. The number of ether oxygens (including phenoxy) is 1. The first-order valence-corrected chi connectivity index (χ1v) is 10.9. The molecule has 3 fully saturated rings. The van der Waals surface area contributed by atoms with Crippen molar-refractivity contribution in [3.05, 3.63) is 11.3 Å². The van der Waals surface area contributed by atoms with Crippen molar-refractivity contribution in [1.82, 2.24) is 0 Å². The predicted molar refractivity (Wildman–Crippen MR) is 100.0 cm³/mol. The van der Waals surface area contributed by atoms with Crippen molar-refractivity contribution >= 4 is 11.7 Å². The van der Waals surface area contributed by atoms with Crippen molar-refractivity contribution in [3.8, 4) is 0 Å². The van der Waals surface area contributed by atoms with Gasteiger partial charge in [-0.25, -0.2) is 4.79 Å². The fraction of sp³-hybridized carbons (Fsp3) is 0.810. The van der Waals surface area contributed by atoms with Crippen LogP contribution >= 0.6 is 0 Å². The quantitative estimate of drug-likeness (QED) is 0.529. The maximum absolute atomic E-state index is 13.0. The highest BCUT2D eigenvalue weighted by atomic mass is 19.4. The molecule has 1 heterocycles. The van der Waals surface area contributed by atoms with Gasteiger partial charge >= 0.3 is 18.5 Å². The monoisotopic (exact) mass is 469 g/mol. The van der Waals surface area contributed by atoms with E-state index in [-0.39, 0.29) is 49.3 Å². The normalized spacial score (nSPS) is 35.2. The first kappa shape index (κ1) is 23.4. The minimum Gasteiger partial charge on any atom is -0.505 e. The van der Waals surface area contributed by atoms with E-state index in [0.717, 1.165) is 0 Å². The highest BCUT2D eigenvalue weighted by molar-refractivity contribution is 6.10. The van der Waals surface area contributed by atoms with Crippen LogP contribution in [0.2, 0.25) is 0 Å². The van der Waals surface area contributed by atoms with E-state index < -0.39 is 53.7 Å². The second-order valence-corrected chi connectivity index (χ2v) is 9.46. The lowest BCUT2D eigenvalue weighted by molar-refractivity contribution is -0.346. The van der Waals surface area contributed by atoms with E-state index in [0.29, 0.717) is 25.7 Å². The summed E-state index contributed by atoms with van der Waals surface area (Å²) in [5, 5.41) is 20.6. The number of fused-ring (bicyclic) bond motifs is 1. The lowest BCUT2D eigenvalue weighted by Gasteiger charge is -2.41. The lowest BCUT2D eigenvalue weighted by Crippen LogP contribution is -2.43. The molecule has 0 saturated heterocycles. The van der Waals surface area contributed by atoms with Crippen LogP contribution in [0.15, 0.2) is 16.3 Å². The Morgan fingerprint density at radius 3 is 2.12 bits per heavy atom. The van der Waals surface area contributed by atoms with Gasteiger partial charge in [0.2, 0.25) is 0 Å². The number of aliphatic hydroxyl groups excluding tert-OH is 1. The van der Waals surface area contributed by atoms with Crippen LogP contribution in [-0.4, -0.2) is 46.6 Å². The van der Waals surface area contributed by atoms with Gasteiger partial charge in [0.1, 0.15) is 5.76 Å². The molecule has 0 aromatic heterocycles. The number of carboxylic acids is 1. The van der Waals surface area contributed by atoms with Crippen LogP contribution in [0.25, 0.3) is 0 Å². The number of halogens is 6. The van der Waals surface area contributed by atoms with Gasteiger partial charge < -0.3 is 10.2 Å². The standard InChI is InChI=1S/C21H25F6NO4/c22-20(23,24)11-3-1-10(2-4-11)19(7-8-19)17-16(29)15(18(30)31)13-9-12(32-21(25,26)27)5-6-14(13)28-17/h10-14,29H,1-9H2,(H,30,31). The topological polar surface area (TPSA) is 79.1 Å².